The summed E-state index contributed by atoms with van der Waals surface area (Å²) < 4.78 is 26.2. The fraction of sp³-hybridized carbons (Fsp3) is 0.714. The van der Waals surface area contributed by atoms with E-state index in [1.54, 1.807) is 0 Å². The van der Waals surface area contributed by atoms with Crippen LogP contribution in [0.25, 0.3) is 0 Å². The van der Waals surface area contributed by atoms with E-state index in [0.717, 1.165) is 0 Å². The highest BCUT2D eigenvalue weighted by Gasteiger charge is 2.25. The van der Waals surface area contributed by atoms with Gasteiger partial charge in [0.1, 0.15) is 5.82 Å². The molecule has 72 valence electrons. The Bertz CT molecular complexity index is 296. The van der Waals surface area contributed by atoms with Gasteiger partial charge in [0, 0.05) is 13.1 Å². The van der Waals surface area contributed by atoms with Crippen molar-refractivity contribution >= 4 is 0 Å². The van der Waals surface area contributed by atoms with Crippen LogP contribution in [0.1, 0.15) is 31.0 Å². The van der Waals surface area contributed by atoms with Gasteiger partial charge in [-0.3, -0.25) is 0 Å². The van der Waals surface area contributed by atoms with Crippen LogP contribution in [0.15, 0.2) is 0 Å². The van der Waals surface area contributed by atoms with Crippen molar-refractivity contribution in [1.29, 1.82) is 0 Å². The normalized spacial score (nSPS) is 22.0. The first-order valence-corrected chi connectivity index (χ1v) is 4.14. The zero-order valence-electron chi connectivity index (χ0n) is 7.17. The van der Waals surface area contributed by atoms with E-state index in [1.807, 2.05) is 6.92 Å². The zero-order valence-corrected chi connectivity index (χ0v) is 7.17. The predicted octanol–water partition coefficient (Wildman–Crippen LogP) is 0.880. The molecule has 0 amide bonds. The van der Waals surface area contributed by atoms with E-state index in [0.29, 0.717) is 18.9 Å². The molecule has 1 aliphatic heterocycles. The Morgan fingerprint density at radius 1 is 1.54 bits per heavy atom. The number of nitrogens with one attached hydrogen (secondary N) is 1. The number of hydrogen-bond acceptors (Lipinski definition) is 3. The third-order valence-electron chi connectivity index (χ3n) is 2.18. The van der Waals surface area contributed by atoms with Gasteiger partial charge >= 0.3 is 0 Å². The molecule has 0 fully saturated rings. The molecule has 1 aromatic heterocycles. The van der Waals surface area contributed by atoms with Gasteiger partial charge in [-0.2, -0.15) is 0 Å². The lowest BCUT2D eigenvalue weighted by Gasteiger charge is -2.21. The molecule has 13 heavy (non-hydrogen) atoms. The van der Waals surface area contributed by atoms with Crippen LogP contribution in [0.2, 0.25) is 0 Å². The fourth-order valence-corrected chi connectivity index (χ4v) is 1.52. The highest BCUT2D eigenvalue weighted by Crippen LogP contribution is 2.22. The lowest BCUT2D eigenvalue weighted by molar-refractivity contribution is 0.133. The van der Waals surface area contributed by atoms with Crippen molar-refractivity contribution in [2.24, 2.45) is 0 Å². The maximum Gasteiger partial charge on any atom is 0.297 e. The number of nitrogens with zero attached hydrogens (tertiary/aromatic N) is 3. The number of hydrogen-bond donors (Lipinski definition) is 1. The Morgan fingerprint density at radius 3 is 3.00 bits per heavy atom. The van der Waals surface area contributed by atoms with Gasteiger partial charge in [-0.25, -0.2) is 8.78 Å². The first-order valence-electron chi connectivity index (χ1n) is 4.14. The van der Waals surface area contributed by atoms with Crippen molar-refractivity contribution in [3.05, 3.63) is 11.6 Å². The molecular weight excluding hydrogens is 178 g/mol. The minimum absolute atomic E-state index is 0.00810. The van der Waals surface area contributed by atoms with Crippen LogP contribution in [-0.2, 0) is 6.54 Å². The van der Waals surface area contributed by atoms with E-state index >= 15 is 0 Å². The molecule has 0 aliphatic carbocycles. The maximum absolute atomic E-state index is 12.4. The highest BCUT2D eigenvalue weighted by molar-refractivity contribution is 5.03. The quantitative estimate of drug-likeness (QED) is 0.711. The molecule has 6 heteroatoms. The van der Waals surface area contributed by atoms with Crippen LogP contribution < -0.4 is 5.32 Å². The Morgan fingerprint density at radius 2 is 2.31 bits per heavy atom. The molecule has 1 N–H and O–H groups in total. The van der Waals surface area contributed by atoms with Crippen LogP contribution in [0, 0.1) is 0 Å². The highest BCUT2D eigenvalue weighted by atomic mass is 19.3. The summed E-state index contributed by atoms with van der Waals surface area (Å²) in [5, 5.41) is 10.3. The van der Waals surface area contributed by atoms with Crippen LogP contribution in [-0.4, -0.2) is 21.3 Å². The lowest BCUT2D eigenvalue weighted by atomic mass is 10.2. The van der Waals surface area contributed by atoms with Crippen molar-refractivity contribution in [2.45, 2.75) is 25.9 Å². The van der Waals surface area contributed by atoms with Crippen LogP contribution >= 0.6 is 0 Å². The van der Waals surface area contributed by atoms with Crippen LogP contribution in [0.3, 0.4) is 0 Å². The topological polar surface area (TPSA) is 42.7 Å². The fourth-order valence-electron chi connectivity index (χ4n) is 1.52. The summed E-state index contributed by atoms with van der Waals surface area (Å²) in [5.74, 6) is 0.380. The molecule has 1 aromatic rings. The SMILES string of the molecule is CC1NCCn2c(C(F)F)nnc21. The second-order valence-corrected chi connectivity index (χ2v) is 3.04. The molecule has 4 nitrogen and oxygen atoms in total. The maximum atomic E-state index is 12.4. The molecule has 1 aliphatic rings. The smallest absolute Gasteiger partial charge is 0.297 e. The van der Waals surface area contributed by atoms with Gasteiger partial charge in [0.15, 0.2) is 5.82 Å². The van der Waals surface area contributed by atoms with Crippen LogP contribution in [0.5, 0.6) is 0 Å². The summed E-state index contributed by atoms with van der Waals surface area (Å²) in [5.41, 5.74) is 0. The monoisotopic (exact) mass is 188 g/mol. The molecular formula is C7H10F2N4. The average Bonchev–Trinajstić information content (AvgIpc) is 2.48. The molecule has 0 bridgehead atoms. The third-order valence-corrected chi connectivity index (χ3v) is 2.18. The molecule has 2 rings (SSSR count). The molecule has 0 aromatic carbocycles. The van der Waals surface area contributed by atoms with E-state index in [9.17, 15) is 8.78 Å². The first kappa shape index (κ1) is 8.55. The lowest BCUT2D eigenvalue weighted by Crippen LogP contribution is -2.32. The van der Waals surface area contributed by atoms with Crippen molar-refractivity contribution in [2.75, 3.05) is 6.54 Å². The summed E-state index contributed by atoms with van der Waals surface area (Å²) in [7, 11) is 0. The number of aromatic nitrogens is 3. The van der Waals surface area contributed by atoms with Crippen LogP contribution in [0.4, 0.5) is 8.78 Å². The second kappa shape index (κ2) is 3.02. The summed E-state index contributed by atoms with van der Waals surface area (Å²) in [4.78, 5) is 0. The van der Waals surface area contributed by atoms with Crippen molar-refractivity contribution in [3.8, 4) is 0 Å². The summed E-state index contributed by atoms with van der Waals surface area (Å²) >= 11 is 0. The Kier molecular flexibility index (Phi) is 1.99. The van der Waals surface area contributed by atoms with Crippen molar-refractivity contribution in [3.63, 3.8) is 0 Å². The second-order valence-electron chi connectivity index (χ2n) is 3.04. The van der Waals surface area contributed by atoms with E-state index in [4.69, 9.17) is 0 Å². The van der Waals surface area contributed by atoms with E-state index < -0.39 is 6.43 Å². The standard InChI is InChI=1S/C7H10F2N4/c1-4-6-11-12-7(5(8)9)13(6)3-2-10-4/h4-5,10H,2-3H2,1H3. The Labute approximate surface area is 74.0 Å². The van der Waals surface area contributed by atoms with Crippen molar-refractivity contribution in [1.82, 2.24) is 20.1 Å². The molecule has 0 saturated heterocycles. The summed E-state index contributed by atoms with van der Waals surface area (Å²) in [6.45, 7) is 3.09. The minimum atomic E-state index is -2.54. The van der Waals surface area contributed by atoms with Gasteiger partial charge in [-0.15, -0.1) is 10.2 Å². The van der Waals surface area contributed by atoms with Gasteiger partial charge in [0.2, 0.25) is 0 Å². The van der Waals surface area contributed by atoms with Gasteiger partial charge in [0.25, 0.3) is 6.43 Å². The molecule has 0 radical (unpaired) electrons. The Balaban J connectivity index is 2.41. The average molecular weight is 188 g/mol. The van der Waals surface area contributed by atoms with Gasteiger partial charge in [0.05, 0.1) is 6.04 Å². The molecule has 1 atom stereocenters. The zero-order chi connectivity index (χ0) is 9.42. The van der Waals surface area contributed by atoms with Gasteiger partial charge in [-0.1, -0.05) is 0 Å². The number of rotatable bonds is 1. The molecule has 0 spiro atoms. The molecule has 1 unspecified atom stereocenters. The minimum Gasteiger partial charge on any atom is -0.308 e. The van der Waals surface area contributed by atoms with E-state index in [2.05, 4.69) is 15.5 Å². The van der Waals surface area contributed by atoms with E-state index in [-0.39, 0.29) is 11.9 Å². The Hall–Kier alpha value is -1.04. The van der Waals surface area contributed by atoms with Crippen molar-refractivity contribution < 1.29 is 8.78 Å². The van der Waals surface area contributed by atoms with E-state index in [1.165, 1.54) is 4.57 Å². The van der Waals surface area contributed by atoms with Gasteiger partial charge in [-0.05, 0) is 6.92 Å². The summed E-state index contributed by atoms with van der Waals surface area (Å²) in [6, 6.07) is 0.00810. The third kappa shape index (κ3) is 1.31. The summed E-state index contributed by atoms with van der Waals surface area (Å²) in [6.07, 6.45) is -2.54. The number of fused-ring (bicyclic) bond motifs is 1. The largest absolute Gasteiger partial charge is 0.308 e. The van der Waals surface area contributed by atoms with Gasteiger partial charge < -0.3 is 9.88 Å². The number of alkyl halides is 2. The first-order chi connectivity index (χ1) is 6.20. The predicted molar refractivity (Wildman–Crippen MR) is 41.4 cm³/mol. The molecule has 2 heterocycles. The molecule has 0 saturated carbocycles. The number of halogens is 2.